The number of rotatable bonds is 8. The molecule has 1 aliphatic heterocycles. The number of hydrogen-bond donors (Lipinski definition) is 1. The van der Waals surface area contributed by atoms with E-state index in [0.29, 0.717) is 23.4 Å². The van der Waals surface area contributed by atoms with E-state index in [1.165, 1.54) is 17.0 Å². The lowest BCUT2D eigenvalue weighted by molar-refractivity contribution is -0.184. The zero-order chi connectivity index (χ0) is 25.8. The number of benzene rings is 3. The molecule has 0 radical (unpaired) electrons. The van der Waals surface area contributed by atoms with Crippen LogP contribution in [-0.2, 0) is 20.7 Å². The first kappa shape index (κ1) is 26.3. The fraction of sp³-hybridized carbons (Fsp3) is 0.286. The zero-order valence-electron chi connectivity index (χ0n) is 19.6. The number of halogens is 3. The van der Waals surface area contributed by atoms with Gasteiger partial charge in [0.05, 0.1) is 6.04 Å². The fourth-order valence-electron chi connectivity index (χ4n) is 4.64. The number of morpholine rings is 1. The van der Waals surface area contributed by atoms with Crippen molar-refractivity contribution >= 4 is 39.4 Å². The van der Waals surface area contributed by atoms with E-state index >= 15 is 0 Å². The maximum Gasteiger partial charge on any atom is 0.326 e. The predicted octanol–water partition coefficient (Wildman–Crippen LogP) is 6.75. The summed E-state index contributed by atoms with van der Waals surface area (Å²) in [5, 5.41) is 10.7. The number of nitrogens with zero attached hydrogens (tertiary/aromatic N) is 1. The molecule has 1 heterocycles. The van der Waals surface area contributed by atoms with Crippen LogP contribution in [0.15, 0.2) is 77.3 Å². The Morgan fingerprint density at radius 2 is 1.67 bits per heavy atom. The van der Waals surface area contributed by atoms with Gasteiger partial charge in [-0.1, -0.05) is 77.3 Å². The minimum Gasteiger partial charge on any atom is -0.480 e. The lowest BCUT2D eigenvalue weighted by Gasteiger charge is -2.47. The Morgan fingerprint density at radius 1 is 1.06 bits per heavy atom. The molecule has 3 aromatic rings. The van der Waals surface area contributed by atoms with Gasteiger partial charge < -0.3 is 14.7 Å². The highest BCUT2D eigenvalue weighted by atomic mass is 79.9. The van der Waals surface area contributed by atoms with E-state index in [1.54, 1.807) is 24.3 Å². The number of ether oxygens (including phenoxy) is 1. The molecule has 0 aromatic heterocycles. The molecular weight excluding hydrogens is 549 g/mol. The van der Waals surface area contributed by atoms with Gasteiger partial charge in [0.25, 0.3) is 5.91 Å². The molecular formula is C28H26BrClFNO4. The van der Waals surface area contributed by atoms with E-state index in [4.69, 9.17) is 16.3 Å². The summed E-state index contributed by atoms with van der Waals surface area (Å²) in [6.07, 6.45) is -0.523. The van der Waals surface area contributed by atoms with E-state index in [-0.39, 0.29) is 12.2 Å². The van der Waals surface area contributed by atoms with Crippen molar-refractivity contribution in [2.45, 2.75) is 50.5 Å². The Labute approximate surface area is 223 Å². The Balaban J connectivity index is 1.84. The first-order chi connectivity index (χ1) is 17.3. The van der Waals surface area contributed by atoms with Crippen molar-refractivity contribution in [3.63, 3.8) is 0 Å². The molecule has 1 saturated heterocycles. The SMILES string of the molecule is CCC[C@@H](C(=O)O)N1C(=O)[C@H](Cc2ccc(F)cc2)O[C@@H](c2ccc(Cl)cc2)[C@H]1c1ccc(Br)cc1. The molecule has 4 rings (SSSR count). The summed E-state index contributed by atoms with van der Waals surface area (Å²) in [6.45, 7) is 1.89. The summed E-state index contributed by atoms with van der Waals surface area (Å²) in [6, 6.07) is 18.8. The summed E-state index contributed by atoms with van der Waals surface area (Å²) < 4.78 is 20.8. The number of carbonyl (C=O) groups excluding carboxylic acids is 1. The maximum atomic E-state index is 13.9. The smallest absolute Gasteiger partial charge is 0.326 e. The molecule has 36 heavy (non-hydrogen) atoms. The highest BCUT2D eigenvalue weighted by Gasteiger charge is 2.48. The molecule has 0 spiro atoms. The minimum atomic E-state index is -1.07. The van der Waals surface area contributed by atoms with E-state index in [1.807, 2.05) is 43.3 Å². The molecule has 4 atom stereocenters. The van der Waals surface area contributed by atoms with Crippen molar-refractivity contribution in [2.75, 3.05) is 0 Å². The van der Waals surface area contributed by atoms with Gasteiger partial charge in [-0.25, -0.2) is 9.18 Å². The number of amides is 1. The summed E-state index contributed by atoms with van der Waals surface area (Å²) in [7, 11) is 0. The zero-order valence-corrected chi connectivity index (χ0v) is 22.0. The second-order valence-corrected chi connectivity index (χ2v) is 10.2. The Bertz CT molecular complexity index is 1200. The largest absolute Gasteiger partial charge is 0.480 e. The molecule has 3 aromatic carbocycles. The monoisotopic (exact) mass is 573 g/mol. The fourth-order valence-corrected chi connectivity index (χ4v) is 5.03. The van der Waals surface area contributed by atoms with Crippen molar-refractivity contribution in [3.8, 4) is 0 Å². The van der Waals surface area contributed by atoms with E-state index in [2.05, 4.69) is 15.9 Å². The average Bonchev–Trinajstić information content (AvgIpc) is 2.86. The molecule has 0 unspecified atom stereocenters. The quantitative estimate of drug-likeness (QED) is 0.323. The van der Waals surface area contributed by atoms with Gasteiger partial charge in [-0.2, -0.15) is 0 Å². The second-order valence-electron chi connectivity index (χ2n) is 8.81. The van der Waals surface area contributed by atoms with E-state index in [0.717, 1.165) is 15.6 Å². The van der Waals surface area contributed by atoms with E-state index in [9.17, 15) is 19.1 Å². The number of hydrogen-bond acceptors (Lipinski definition) is 3. The van der Waals surface area contributed by atoms with Crippen molar-refractivity contribution in [3.05, 3.63) is 105 Å². The number of carboxylic acid groups (broad SMARTS) is 1. The first-order valence-electron chi connectivity index (χ1n) is 11.7. The Hall–Kier alpha value is -2.74. The summed E-state index contributed by atoms with van der Waals surface area (Å²) in [5.74, 6) is -1.84. The molecule has 0 bridgehead atoms. The van der Waals surface area contributed by atoms with Crippen LogP contribution in [0.25, 0.3) is 0 Å². The molecule has 1 fully saturated rings. The van der Waals surface area contributed by atoms with Crippen molar-refractivity contribution < 1.29 is 23.8 Å². The molecule has 5 nitrogen and oxygen atoms in total. The molecule has 0 saturated carbocycles. The topological polar surface area (TPSA) is 66.8 Å². The molecule has 1 N–H and O–H groups in total. The summed E-state index contributed by atoms with van der Waals surface area (Å²) >= 11 is 9.58. The van der Waals surface area contributed by atoms with Gasteiger partial charge >= 0.3 is 5.97 Å². The van der Waals surface area contributed by atoms with Gasteiger partial charge in [-0.3, -0.25) is 4.79 Å². The highest BCUT2D eigenvalue weighted by molar-refractivity contribution is 9.10. The third kappa shape index (κ3) is 5.80. The van der Waals surface area contributed by atoms with Gasteiger partial charge in [0, 0.05) is 15.9 Å². The van der Waals surface area contributed by atoms with Gasteiger partial charge in [-0.05, 0) is 59.5 Å². The van der Waals surface area contributed by atoms with Crippen molar-refractivity contribution in [1.82, 2.24) is 4.90 Å². The van der Waals surface area contributed by atoms with Crippen LogP contribution >= 0.6 is 27.5 Å². The second kappa shape index (κ2) is 11.5. The van der Waals surface area contributed by atoms with Crippen LogP contribution in [0.1, 0.15) is 48.6 Å². The third-order valence-corrected chi connectivity index (χ3v) is 7.14. The van der Waals surface area contributed by atoms with Crippen LogP contribution in [0.3, 0.4) is 0 Å². The average molecular weight is 575 g/mol. The normalized spacial score (nSPS) is 20.8. The maximum absolute atomic E-state index is 13.9. The van der Waals surface area contributed by atoms with E-state index < -0.39 is 36.2 Å². The van der Waals surface area contributed by atoms with Gasteiger partial charge in [0.15, 0.2) is 0 Å². The molecule has 188 valence electrons. The van der Waals surface area contributed by atoms with Crippen LogP contribution in [-0.4, -0.2) is 34.0 Å². The Kier molecular flexibility index (Phi) is 8.44. The van der Waals surface area contributed by atoms with Gasteiger partial charge in [0.2, 0.25) is 0 Å². The number of carbonyl (C=O) groups is 2. The van der Waals surface area contributed by atoms with Crippen molar-refractivity contribution in [1.29, 1.82) is 0 Å². The standard InChI is InChI=1S/C28H26BrClFNO4/c1-2-3-23(28(34)35)32-25(18-6-10-20(29)11-7-18)26(19-8-12-21(30)13-9-19)36-24(27(32)33)16-17-4-14-22(31)15-5-17/h4-15,23-26H,2-3,16H2,1H3,(H,34,35)/t23-,24-,25+,26-/m0/s1. The minimum absolute atomic E-state index is 0.186. The van der Waals surface area contributed by atoms with Crippen LogP contribution in [0.5, 0.6) is 0 Å². The Morgan fingerprint density at radius 3 is 2.25 bits per heavy atom. The predicted molar refractivity (Wildman–Crippen MR) is 139 cm³/mol. The molecule has 8 heteroatoms. The lowest BCUT2D eigenvalue weighted by atomic mass is 9.88. The number of carboxylic acids is 1. The number of aliphatic carboxylic acids is 1. The van der Waals surface area contributed by atoms with Crippen molar-refractivity contribution in [2.24, 2.45) is 0 Å². The van der Waals surface area contributed by atoms with Crippen LogP contribution in [0.4, 0.5) is 4.39 Å². The molecule has 1 amide bonds. The summed E-state index contributed by atoms with van der Waals surface area (Å²) in [4.78, 5) is 27.9. The first-order valence-corrected chi connectivity index (χ1v) is 12.9. The van der Waals surface area contributed by atoms with Gasteiger partial charge in [0.1, 0.15) is 24.1 Å². The van der Waals surface area contributed by atoms with Crippen LogP contribution in [0.2, 0.25) is 5.02 Å². The lowest BCUT2D eigenvalue weighted by Crippen LogP contribution is -2.57. The molecule has 1 aliphatic rings. The van der Waals surface area contributed by atoms with Crippen LogP contribution in [0, 0.1) is 5.82 Å². The highest BCUT2D eigenvalue weighted by Crippen LogP contribution is 2.44. The van der Waals surface area contributed by atoms with Crippen LogP contribution < -0.4 is 0 Å². The summed E-state index contributed by atoms with van der Waals surface area (Å²) in [5.41, 5.74) is 2.25. The molecule has 0 aliphatic carbocycles. The third-order valence-electron chi connectivity index (χ3n) is 6.35. The van der Waals surface area contributed by atoms with Gasteiger partial charge in [-0.15, -0.1) is 0 Å².